The molecule has 20 heavy (non-hydrogen) atoms. The Hall–Kier alpha value is -1.69. The number of likely N-dealkylation sites (N-methyl/N-ethyl adjacent to an activating group) is 1. The molecule has 0 atom stereocenters. The van der Waals surface area contributed by atoms with E-state index in [-0.39, 0.29) is 16.1 Å². The summed E-state index contributed by atoms with van der Waals surface area (Å²) in [4.78, 5) is 17.2. The lowest BCUT2D eigenvalue weighted by atomic mass is 9.96. The lowest BCUT2D eigenvalue weighted by molar-refractivity contribution is -0.384. The molecule has 1 aliphatic rings. The topological polar surface area (TPSA) is 71.3 Å². The molecule has 1 saturated carbocycles. The van der Waals surface area contributed by atoms with E-state index in [0.29, 0.717) is 17.9 Å². The summed E-state index contributed by atoms with van der Waals surface area (Å²) in [5.74, 6) is 0.378. The molecule has 1 aromatic heterocycles. The van der Waals surface area contributed by atoms with Crippen molar-refractivity contribution >= 4 is 11.5 Å². The van der Waals surface area contributed by atoms with Crippen molar-refractivity contribution < 1.29 is 4.92 Å². The standard InChI is InChI=1S/C14H22N4O2/c1-11-6-9-15-13(12(11)18(19)20)16-10-14(17(2)3)7-4-5-8-14/h6,9H,4-5,7-8,10H2,1-3H3,(H,15,16). The number of pyridine rings is 1. The van der Waals surface area contributed by atoms with Gasteiger partial charge in [0.05, 0.1) is 4.92 Å². The highest BCUT2D eigenvalue weighted by molar-refractivity contribution is 5.59. The van der Waals surface area contributed by atoms with Crippen molar-refractivity contribution in [1.29, 1.82) is 0 Å². The number of hydrogen-bond acceptors (Lipinski definition) is 5. The first-order valence-corrected chi connectivity index (χ1v) is 6.97. The van der Waals surface area contributed by atoms with Crippen LogP contribution in [-0.4, -0.2) is 41.0 Å². The first-order chi connectivity index (χ1) is 9.46. The lowest BCUT2D eigenvalue weighted by Gasteiger charge is -2.36. The highest BCUT2D eigenvalue weighted by Gasteiger charge is 2.36. The highest BCUT2D eigenvalue weighted by atomic mass is 16.6. The van der Waals surface area contributed by atoms with Crippen molar-refractivity contribution in [2.45, 2.75) is 38.1 Å². The van der Waals surface area contributed by atoms with Gasteiger partial charge < -0.3 is 10.2 Å². The number of aryl methyl sites for hydroxylation is 1. The second kappa shape index (κ2) is 5.75. The van der Waals surface area contributed by atoms with Crippen LogP contribution in [-0.2, 0) is 0 Å². The third-order valence-corrected chi connectivity index (χ3v) is 4.38. The monoisotopic (exact) mass is 278 g/mol. The predicted molar refractivity (Wildman–Crippen MR) is 79.0 cm³/mol. The quantitative estimate of drug-likeness (QED) is 0.662. The van der Waals surface area contributed by atoms with Crippen LogP contribution in [0.4, 0.5) is 11.5 Å². The average molecular weight is 278 g/mol. The molecule has 0 unspecified atom stereocenters. The molecule has 1 N–H and O–H groups in total. The van der Waals surface area contributed by atoms with Crippen LogP contribution in [0.2, 0.25) is 0 Å². The minimum Gasteiger partial charge on any atom is -0.362 e. The number of nitrogens with zero attached hydrogens (tertiary/aromatic N) is 3. The maximum Gasteiger partial charge on any atom is 0.314 e. The van der Waals surface area contributed by atoms with Gasteiger partial charge in [-0.3, -0.25) is 10.1 Å². The molecule has 0 spiro atoms. The molecule has 110 valence electrons. The third kappa shape index (κ3) is 2.75. The summed E-state index contributed by atoms with van der Waals surface area (Å²) in [6.45, 7) is 2.43. The fourth-order valence-corrected chi connectivity index (χ4v) is 2.97. The van der Waals surface area contributed by atoms with Gasteiger partial charge in [-0.05, 0) is 39.9 Å². The molecule has 1 fully saturated rings. The van der Waals surface area contributed by atoms with Crippen LogP contribution in [0.3, 0.4) is 0 Å². The van der Waals surface area contributed by atoms with Crippen molar-refractivity contribution in [2.24, 2.45) is 0 Å². The van der Waals surface area contributed by atoms with Gasteiger partial charge in [0.1, 0.15) is 0 Å². The van der Waals surface area contributed by atoms with Gasteiger partial charge in [0, 0.05) is 23.8 Å². The number of nitro groups is 1. The van der Waals surface area contributed by atoms with E-state index in [4.69, 9.17) is 0 Å². The van der Waals surface area contributed by atoms with Crippen molar-refractivity contribution in [1.82, 2.24) is 9.88 Å². The van der Waals surface area contributed by atoms with Crippen LogP contribution in [0.25, 0.3) is 0 Å². The molecule has 6 nitrogen and oxygen atoms in total. The van der Waals surface area contributed by atoms with E-state index in [2.05, 4.69) is 29.3 Å². The summed E-state index contributed by atoms with van der Waals surface area (Å²) in [6, 6.07) is 1.67. The van der Waals surface area contributed by atoms with Crippen LogP contribution in [0.1, 0.15) is 31.2 Å². The zero-order valence-electron chi connectivity index (χ0n) is 12.3. The molecular weight excluding hydrogens is 256 g/mol. The highest BCUT2D eigenvalue weighted by Crippen LogP contribution is 2.35. The van der Waals surface area contributed by atoms with E-state index in [1.54, 1.807) is 19.2 Å². The molecule has 0 aliphatic heterocycles. The van der Waals surface area contributed by atoms with Gasteiger partial charge in [0.15, 0.2) is 0 Å². The number of anilines is 1. The number of aromatic nitrogens is 1. The Balaban J connectivity index is 2.19. The number of hydrogen-bond donors (Lipinski definition) is 1. The molecule has 0 bridgehead atoms. The molecule has 1 aliphatic carbocycles. The maximum absolute atomic E-state index is 11.2. The maximum atomic E-state index is 11.2. The third-order valence-electron chi connectivity index (χ3n) is 4.38. The van der Waals surface area contributed by atoms with Crippen LogP contribution >= 0.6 is 0 Å². The van der Waals surface area contributed by atoms with E-state index in [9.17, 15) is 10.1 Å². The van der Waals surface area contributed by atoms with Gasteiger partial charge in [-0.15, -0.1) is 0 Å². The zero-order chi connectivity index (χ0) is 14.8. The van der Waals surface area contributed by atoms with E-state index < -0.39 is 0 Å². The molecule has 1 aromatic rings. The van der Waals surface area contributed by atoms with Crippen LogP contribution in [0.5, 0.6) is 0 Å². The first kappa shape index (κ1) is 14.7. The van der Waals surface area contributed by atoms with E-state index in [0.717, 1.165) is 12.8 Å². The first-order valence-electron chi connectivity index (χ1n) is 6.97. The second-order valence-corrected chi connectivity index (χ2v) is 5.76. The largest absolute Gasteiger partial charge is 0.362 e. The van der Waals surface area contributed by atoms with E-state index in [1.807, 2.05) is 0 Å². The van der Waals surface area contributed by atoms with Gasteiger partial charge in [-0.1, -0.05) is 12.8 Å². The van der Waals surface area contributed by atoms with Crippen LogP contribution < -0.4 is 5.32 Å². The Morgan fingerprint density at radius 3 is 2.65 bits per heavy atom. The minimum absolute atomic E-state index is 0.0826. The van der Waals surface area contributed by atoms with E-state index >= 15 is 0 Å². The Kier molecular flexibility index (Phi) is 4.23. The summed E-state index contributed by atoms with van der Waals surface area (Å²) >= 11 is 0. The molecule has 0 amide bonds. The summed E-state index contributed by atoms with van der Waals surface area (Å²) in [5.41, 5.74) is 0.802. The number of nitrogens with one attached hydrogen (secondary N) is 1. The van der Waals surface area contributed by atoms with Gasteiger partial charge >= 0.3 is 5.69 Å². The fourth-order valence-electron chi connectivity index (χ4n) is 2.97. The summed E-state index contributed by atoms with van der Waals surface area (Å²) < 4.78 is 0. The predicted octanol–water partition coefficient (Wildman–Crippen LogP) is 2.58. The summed E-state index contributed by atoms with van der Waals surface area (Å²) in [6.07, 6.45) is 6.27. The summed E-state index contributed by atoms with van der Waals surface area (Å²) in [5, 5.41) is 14.4. The van der Waals surface area contributed by atoms with Crippen molar-refractivity contribution in [3.05, 3.63) is 27.9 Å². The smallest absolute Gasteiger partial charge is 0.314 e. The zero-order valence-corrected chi connectivity index (χ0v) is 12.3. The molecule has 0 aromatic carbocycles. The average Bonchev–Trinajstić information content (AvgIpc) is 2.86. The van der Waals surface area contributed by atoms with Gasteiger partial charge in [0.2, 0.25) is 5.82 Å². The number of rotatable bonds is 5. The van der Waals surface area contributed by atoms with Crippen molar-refractivity contribution in [3.8, 4) is 0 Å². The van der Waals surface area contributed by atoms with Gasteiger partial charge in [-0.25, -0.2) is 4.98 Å². The van der Waals surface area contributed by atoms with Crippen molar-refractivity contribution in [3.63, 3.8) is 0 Å². The molecule has 1 heterocycles. The molecule has 6 heteroatoms. The fraction of sp³-hybridized carbons (Fsp3) is 0.643. The van der Waals surface area contributed by atoms with Crippen LogP contribution in [0.15, 0.2) is 12.3 Å². The van der Waals surface area contributed by atoms with Gasteiger partial charge in [0.25, 0.3) is 0 Å². The molecular formula is C14H22N4O2. The second-order valence-electron chi connectivity index (χ2n) is 5.76. The molecule has 0 saturated heterocycles. The molecule has 2 rings (SSSR count). The Bertz CT molecular complexity index is 496. The SMILES string of the molecule is Cc1ccnc(NCC2(N(C)C)CCCC2)c1[N+](=O)[O-]. The summed E-state index contributed by atoms with van der Waals surface area (Å²) in [7, 11) is 4.15. The molecule has 0 radical (unpaired) electrons. The Morgan fingerprint density at radius 1 is 1.45 bits per heavy atom. The minimum atomic E-state index is -0.359. The lowest BCUT2D eigenvalue weighted by Crippen LogP contribution is -2.47. The Morgan fingerprint density at radius 2 is 2.10 bits per heavy atom. The van der Waals surface area contributed by atoms with Gasteiger partial charge in [-0.2, -0.15) is 0 Å². The van der Waals surface area contributed by atoms with Crippen molar-refractivity contribution in [2.75, 3.05) is 26.0 Å². The Labute approximate surface area is 119 Å². The normalized spacial score (nSPS) is 17.4. The van der Waals surface area contributed by atoms with E-state index in [1.165, 1.54) is 12.8 Å². The van der Waals surface area contributed by atoms with Crippen LogP contribution in [0, 0.1) is 17.0 Å².